The van der Waals surface area contributed by atoms with Crippen LogP contribution in [0.4, 0.5) is 0 Å². The van der Waals surface area contributed by atoms with Gasteiger partial charge in [0, 0.05) is 12.1 Å². The number of carbonyl (C=O) groups is 1. The zero-order chi connectivity index (χ0) is 13.8. The van der Waals surface area contributed by atoms with E-state index in [1.165, 1.54) is 0 Å². The summed E-state index contributed by atoms with van der Waals surface area (Å²) in [6.07, 6.45) is -0.543. The molecule has 4 nitrogen and oxygen atoms in total. The monoisotopic (exact) mass is 286 g/mol. The largest absolute Gasteiger partial charge is 0.481 e. The summed E-state index contributed by atoms with van der Waals surface area (Å²) >= 11 is 0. The molecule has 0 aliphatic carbocycles. The normalized spacial score (nSPS) is 12.3. The van der Waals surface area contributed by atoms with Gasteiger partial charge in [-0.3, -0.25) is 4.79 Å². The summed E-state index contributed by atoms with van der Waals surface area (Å²) in [7, 11) is 0. The molecule has 1 aromatic rings. The second kappa shape index (κ2) is 7.36. The van der Waals surface area contributed by atoms with E-state index in [9.17, 15) is 4.79 Å². The Morgan fingerprint density at radius 1 is 1.37 bits per heavy atom. The number of carbonyl (C=O) groups excluding carboxylic acids is 1. The van der Waals surface area contributed by atoms with Gasteiger partial charge in [0.25, 0.3) is 5.91 Å². The van der Waals surface area contributed by atoms with Gasteiger partial charge in [0.1, 0.15) is 5.75 Å². The maximum absolute atomic E-state index is 11.9. The molecule has 1 amide bonds. The highest BCUT2D eigenvalue weighted by atomic mass is 35.5. The summed E-state index contributed by atoms with van der Waals surface area (Å²) in [4.78, 5) is 11.9. The summed E-state index contributed by atoms with van der Waals surface area (Å²) < 4.78 is 5.57. The van der Waals surface area contributed by atoms with E-state index in [1.54, 1.807) is 6.92 Å². The second-order valence-corrected chi connectivity index (χ2v) is 5.15. The highest BCUT2D eigenvalue weighted by Crippen LogP contribution is 2.13. The van der Waals surface area contributed by atoms with Gasteiger partial charge in [-0.1, -0.05) is 17.7 Å². The number of hydrogen-bond donors (Lipinski definition) is 2. The number of benzene rings is 1. The third-order valence-corrected chi connectivity index (χ3v) is 2.67. The van der Waals surface area contributed by atoms with Gasteiger partial charge in [0.2, 0.25) is 0 Å². The Bertz CT molecular complexity index is 404. The number of nitrogens with one attached hydrogen (secondary N) is 1. The van der Waals surface area contributed by atoms with E-state index in [0.29, 0.717) is 12.3 Å². The molecule has 0 spiro atoms. The molecule has 0 saturated heterocycles. The number of rotatable bonds is 5. The Balaban J connectivity index is 0.00000324. The van der Waals surface area contributed by atoms with Crippen LogP contribution in [0.2, 0.25) is 0 Å². The molecule has 19 heavy (non-hydrogen) atoms. The van der Waals surface area contributed by atoms with Gasteiger partial charge >= 0.3 is 0 Å². The van der Waals surface area contributed by atoms with E-state index in [0.717, 1.165) is 5.56 Å². The third kappa shape index (κ3) is 5.94. The Kier molecular flexibility index (Phi) is 6.87. The minimum atomic E-state index is -0.543. The highest BCUT2D eigenvalue weighted by molar-refractivity contribution is 5.85. The van der Waals surface area contributed by atoms with Crippen LogP contribution in [0.3, 0.4) is 0 Å². The summed E-state index contributed by atoms with van der Waals surface area (Å²) in [5, 5.41) is 2.85. The fourth-order valence-electron chi connectivity index (χ4n) is 1.36. The molecule has 0 heterocycles. The van der Waals surface area contributed by atoms with Crippen LogP contribution >= 0.6 is 12.4 Å². The SMILES string of the molecule is Cc1ccc(OC(C)C(=O)NC(C)(C)CN)cc1.Cl. The van der Waals surface area contributed by atoms with Crippen LogP contribution in [0.1, 0.15) is 26.3 Å². The zero-order valence-corrected chi connectivity index (χ0v) is 12.7. The van der Waals surface area contributed by atoms with Gasteiger partial charge in [-0.25, -0.2) is 0 Å². The first-order valence-corrected chi connectivity index (χ1v) is 6.09. The molecule has 0 fully saturated rings. The Hall–Kier alpha value is -1.26. The minimum Gasteiger partial charge on any atom is -0.481 e. The topological polar surface area (TPSA) is 64.3 Å². The summed E-state index contributed by atoms with van der Waals surface area (Å²) in [6, 6.07) is 7.61. The van der Waals surface area contributed by atoms with Crippen LogP contribution < -0.4 is 15.8 Å². The number of nitrogens with two attached hydrogens (primary N) is 1. The van der Waals surface area contributed by atoms with E-state index < -0.39 is 11.6 Å². The van der Waals surface area contributed by atoms with Gasteiger partial charge in [-0.15, -0.1) is 12.4 Å². The zero-order valence-electron chi connectivity index (χ0n) is 11.9. The Morgan fingerprint density at radius 2 is 1.89 bits per heavy atom. The molecule has 0 aliphatic rings. The van der Waals surface area contributed by atoms with E-state index in [4.69, 9.17) is 10.5 Å². The quantitative estimate of drug-likeness (QED) is 0.871. The van der Waals surface area contributed by atoms with Crippen molar-refractivity contribution in [1.29, 1.82) is 0 Å². The molecule has 1 atom stereocenters. The molecule has 1 aromatic carbocycles. The predicted molar refractivity (Wildman–Crippen MR) is 79.8 cm³/mol. The molecular weight excluding hydrogens is 264 g/mol. The fourth-order valence-corrected chi connectivity index (χ4v) is 1.36. The van der Waals surface area contributed by atoms with Crippen LogP contribution in [0.5, 0.6) is 5.75 Å². The Labute approximate surface area is 121 Å². The summed E-state index contributed by atoms with van der Waals surface area (Å²) in [6.45, 7) is 7.87. The van der Waals surface area contributed by atoms with Crippen LogP contribution in [-0.4, -0.2) is 24.1 Å². The Morgan fingerprint density at radius 3 is 2.37 bits per heavy atom. The van der Waals surface area contributed by atoms with Crippen LogP contribution in [0.25, 0.3) is 0 Å². The lowest BCUT2D eigenvalue weighted by Gasteiger charge is -2.26. The van der Waals surface area contributed by atoms with Gasteiger partial charge in [0.05, 0.1) is 0 Å². The van der Waals surface area contributed by atoms with Crippen molar-refractivity contribution in [2.24, 2.45) is 5.73 Å². The summed E-state index contributed by atoms with van der Waals surface area (Å²) in [5.41, 5.74) is 6.31. The van der Waals surface area contributed by atoms with Crippen LogP contribution in [0.15, 0.2) is 24.3 Å². The molecule has 108 valence electrons. The number of halogens is 1. The van der Waals surface area contributed by atoms with E-state index in [2.05, 4.69) is 5.32 Å². The maximum atomic E-state index is 11.9. The van der Waals surface area contributed by atoms with Crippen molar-refractivity contribution in [3.63, 3.8) is 0 Å². The van der Waals surface area contributed by atoms with E-state index in [1.807, 2.05) is 45.0 Å². The highest BCUT2D eigenvalue weighted by Gasteiger charge is 2.23. The van der Waals surface area contributed by atoms with Crippen molar-refractivity contribution in [2.45, 2.75) is 39.3 Å². The average Bonchev–Trinajstić information content (AvgIpc) is 2.31. The van der Waals surface area contributed by atoms with Crippen molar-refractivity contribution in [3.05, 3.63) is 29.8 Å². The van der Waals surface area contributed by atoms with Crippen LogP contribution in [-0.2, 0) is 4.79 Å². The molecule has 0 aliphatic heterocycles. The lowest BCUT2D eigenvalue weighted by Crippen LogP contribution is -2.52. The first-order chi connectivity index (χ1) is 8.34. The summed E-state index contributed by atoms with van der Waals surface area (Å²) in [5.74, 6) is 0.528. The van der Waals surface area contributed by atoms with Gasteiger partial charge < -0.3 is 15.8 Å². The van der Waals surface area contributed by atoms with Crippen molar-refractivity contribution >= 4 is 18.3 Å². The van der Waals surface area contributed by atoms with Gasteiger partial charge in [0.15, 0.2) is 6.10 Å². The van der Waals surface area contributed by atoms with Gasteiger partial charge in [-0.2, -0.15) is 0 Å². The average molecular weight is 287 g/mol. The molecule has 0 bridgehead atoms. The smallest absolute Gasteiger partial charge is 0.261 e. The molecule has 0 aromatic heterocycles. The minimum absolute atomic E-state index is 0. The number of aryl methyl sites for hydroxylation is 1. The van der Waals surface area contributed by atoms with Crippen molar-refractivity contribution in [1.82, 2.24) is 5.32 Å². The van der Waals surface area contributed by atoms with E-state index in [-0.39, 0.29) is 18.3 Å². The lowest BCUT2D eigenvalue weighted by atomic mass is 10.1. The van der Waals surface area contributed by atoms with Gasteiger partial charge in [-0.05, 0) is 39.8 Å². The van der Waals surface area contributed by atoms with Crippen LogP contribution in [0, 0.1) is 6.92 Å². The van der Waals surface area contributed by atoms with Crippen molar-refractivity contribution < 1.29 is 9.53 Å². The molecule has 0 saturated carbocycles. The molecule has 0 radical (unpaired) electrons. The van der Waals surface area contributed by atoms with Crippen molar-refractivity contribution in [2.75, 3.05) is 6.54 Å². The molecule has 3 N–H and O–H groups in total. The molecule has 5 heteroatoms. The number of amides is 1. The maximum Gasteiger partial charge on any atom is 0.261 e. The van der Waals surface area contributed by atoms with Crippen molar-refractivity contribution in [3.8, 4) is 5.75 Å². The molecular formula is C14H23ClN2O2. The molecule has 1 unspecified atom stereocenters. The number of ether oxygens (including phenoxy) is 1. The standard InChI is InChI=1S/C14H22N2O2.ClH/c1-10-5-7-12(8-6-10)18-11(2)13(17)16-14(3,4)9-15;/h5-8,11H,9,15H2,1-4H3,(H,16,17);1H. The van der Waals surface area contributed by atoms with E-state index >= 15 is 0 Å². The predicted octanol–water partition coefficient (Wildman–Crippen LogP) is 2.04. The third-order valence-electron chi connectivity index (χ3n) is 2.67. The lowest BCUT2D eigenvalue weighted by molar-refractivity contribution is -0.128. The first kappa shape index (κ1) is 17.7. The number of hydrogen-bond acceptors (Lipinski definition) is 3. The molecule has 1 rings (SSSR count). The fraction of sp³-hybridized carbons (Fsp3) is 0.500. The second-order valence-electron chi connectivity index (χ2n) is 5.15. The first-order valence-electron chi connectivity index (χ1n) is 6.09.